The number of carbonyl (C=O) groups excluding carboxylic acids is 1. The highest BCUT2D eigenvalue weighted by Crippen LogP contribution is 2.19. The van der Waals surface area contributed by atoms with Gasteiger partial charge in [-0.15, -0.1) is 0 Å². The van der Waals surface area contributed by atoms with Crippen molar-refractivity contribution in [1.29, 1.82) is 0 Å². The molecule has 0 radical (unpaired) electrons. The Hall–Kier alpha value is -2.49. The van der Waals surface area contributed by atoms with Crippen molar-refractivity contribution < 1.29 is 4.79 Å². The second-order valence-corrected chi connectivity index (χ2v) is 6.25. The Morgan fingerprint density at radius 2 is 1.79 bits per heavy atom. The number of benzene rings is 2. The van der Waals surface area contributed by atoms with E-state index in [1.54, 1.807) is 0 Å². The van der Waals surface area contributed by atoms with Gasteiger partial charge in [0.05, 0.1) is 0 Å². The van der Waals surface area contributed by atoms with Crippen LogP contribution in [0.25, 0.3) is 0 Å². The Morgan fingerprint density at radius 1 is 1.04 bits per heavy atom. The Bertz CT molecular complexity index is 706. The quantitative estimate of drug-likeness (QED) is 0.929. The lowest BCUT2D eigenvalue weighted by Crippen LogP contribution is -2.50. The maximum Gasteiger partial charge on any atom is 0.321 e. The summed E-state index contributed by atoms with van der Waals surface area (Å²) < 4.78 is 0. The van der Waals surface area contributed by atoms with Crippen LogP contribution >= 0.6 is 0 Å². The molecule has 0 saturated carbocycles. The van der Waals surface area contributed by atoms with Crippen LogP contribution in [0.4, 0.5) is 16.2 Å². The maximum atomic E-state index is 12.5. The number of amides is 2. The summed E-state index contributed by atoms with van der Waals surface area (Å²) in [6.07, 6.45) is 0.914. The smallest absolute Gasteiger partial charge is 0.321 e. The Balaban J connectivity index is 1.59. The second kappa shape index (κ2) is 7.39. The fraction of sp³-hybridized carbons (Fsp3) is 0.350. The summed E-state index contributed by atoms with van der Waals surface area (Å²) >= 11 is 0. The summed E-state index contributed by atoms with van der Waals surface area (Å²) in [5.41, 5.74) is 4.60. The average Bonchev–Trinajstić information content (AvgIpc) is 2.62. The molecule has 1 saturated heterocycles. The van der Waals surface area contributed by atoms with Gasteiger partial charge in [-0.05, 0) is 42.7 Å². The van der Waals surface area contributed by atoms with Crippen LogP contribution in [0, 0.1) is 6.92 Å². The molecule has 4 nitrogen and oxygen atoms in total. The Kier molecular flexibility index (Phi) is 5.04. The zero-order chi connectivity index (χ0) is 16.9. The molecule has 24 heavy (non-hydrogen) atoms. The van der Waals surface area contributed by atoms with E-state index in [0.717, 1.165) is 38.3 Å². The largest absolute Gasteiger partial charge is 0.368 e. The van der Waals surface area contributed by atoms with E-state index in [2.05, 4.69) is 54.4 Å². The summed E-state index contributed by atoms with van der Waals surface area (Å²) in [6.45, 7) is 7.44. The summed E-state index contributed by atoms with van der Waals surface area (Å²) in [7, 11) is 0. The SMILES string of the molecule is CCc1ccccc1NC(=O)N1CCN(c2cccc(C)c2)CC1. The number of carbonyl (C=O) groups is 1. The Labute approximate surface area is 144 Å². The normalized spacial score (nSPS) is 14.6. The molecule has 0 bridgehead atoms. The molecule has 126 valence electrons. The fourth-order valence-electron chi connectivity index (χ4n) is 3.14. The van der Waals surface area contributed by atoms with Crippen molar-refractivity contribution in [1.82, 2.24) is 4.90 Å². The molecule has 3 rings (SSSR count). The molecule has 1 aliphatic rings. The van der Waals surface area contributed by atoms with Gasteiger partial charge in [-0.25, -0.2) is 4.79 Å². The predicted octanol–water partition coefficient (Wildman–Crippen LogP) is 3.91. The zero-order valence-corrected chi connectivity index (χ0v) is 14.5. The van der Waals surface area contributed by atoms with Crippen molar-refractivity contribution in [3.05, 3.63) is 59.7 Å². The van der Waals surface area contributed by atoms with E-state index in [9.17, 15) is 4.79 Å². The summed E-state index contributed by atoms with van der Waals surface area (Å²) in [5, 5.41) is 3.06. The van der Waals surface area contributed by atoms with Crippen LogP contribution in [-0.2, 0) is 6.42 Å². The molecule has 0 spiro atoms. The number of piperazine rings is 1. The fourth-order valence-corrected chi connectivity index (χ4v) is 3.14. The van der Waals surface area contributed by atoms with Crippen LogP contribution in [0.15, 0.2) is 48.5 Å². The second-order valence-electron chi connectivity index (χ2n) is 6.25. The van der Waals surface area contributed by atoms with E-state index < -0.39 is 0 Å². The number of para-hydroxylation sites is 1. The number of rotatable bonds is 3. The highest BCUT2D eigenvalue weighted by Gasteiger charge is 2.21. The molecule has 0 atom stereocenters. The van der Waals surface area contributed by atoms with Gasteiger partial charge in [-0.1, -0.05) is 37.3 Å². The van der Waals surface area contributed by atoms with E-state index >= 15 is 0 Å². The van der Waals surface area contributed by atoms with Gasteiger partial charge < -0.3 is 15.1 Å². The van der Waals surface area contributed by atoms with Gasteiger partial charge in [-0.3, -0.25) is 0 Å². The maximum absolute atomic E-state index is 12.5. The third kappa shape index (κ3) is 3.70. The first-order valence-corrected chi connectivity index (χ1v) is 8.63. The van der Waals surface area contributed by atoms with Crippen molar-refractivity contribution in [2.24, 2.45) is 0 Å². The summed E-state index contributed by atoms with van der Waals surface area (Å²) in [4.78, 5) is 16.8. The van der Waals surface area contributed by atoms with Crippen LogP contribution in [0.3, 0.4) is 0 Å². The highest BCUT2D eigenvalue weighted by atomic mass is 16.2. The topological polar surface area (TPSA) is 35.6 Å². The van der Waals surface area contributed by atoms with E-state index in [-0.39, 0.29) is 6.03 Å². The standard InChI is InChI=1S/C20H25N3O/c1-3-17-8-4-5-10-19(17)21-20(24)23-13-11-22(12-14-23)18-9-6-7-16(2)15-18/h4-10,15H,3,11-14H2,1-2H3,(H,21,24). The molecule has 1 N–H and O–H groups in total. The van der Waals surface area contributed by atoms with Gasteiger partial charge in [0.2, 0.25) is 0 Å². The summed E-state index contributed by atoms with van der Waals surface area (Å²) in [5.74, 6) is 0. The first-order chi connectivity index (χ1) is 11.7. The third-order valence-corrected chi connectivity index (χ3v) is 4.57. The molecule has 1 fully saturated rings. The van der Waals surface area contributed by atoms with Crippen molar-refractivity contribution >= 4 is 17.4 Å². The number of aryl methyl sites for hydroxylation is 2. The van der Waals surface area contributed by atoms with Gasteiger partial charge >= 0.3 is 6.03 Å². The molecule has 2 aromatic carbocycles. The lowest BCUT2D eigenvalue weighted by molar-refractivity contribution is 0.208. The lowest BCUT2D eigenvalue weighted by atomic mass is 10.1. The molecule has 4 heteroatoms. The minimum absolute atomic E-state index is 0.000192. The zero-order valence-electron chi connectivity index (χ0n) is 14.5. The van der Waals surface area contributed by atoms with Crippen LogP contribution < -0.4 is 10.2 Å². The first kappa shape index (κ1) is 16.4. The number of anilines is 2. The van der Waals surface area contributed by atoms with Crippen molar-refractivity contribution in [3.8, 4) is 0 Å². The molecule has 1 heterocycles. The molecule has 0 aliphatic carbocycles. The monoisotopic (exact) mass is 323 g/mol. The molecule has 2 aromatic rings. The predicted molar refractivity (Wildman–Crippen MR) is 99.8 cm³/mol. The molecule has 1 aliphatic heterocycles. The summed E-state index contributed by atoms with van der Waals surface area (Å²) in [6, 6.07) is 16.5. The molecule has 0 unspecified atom stereocenters. The Morgan fingerprint density at radius 3 is 2.50 bits per heavy atom. The van der Waals surface area contributed by atoms with Gasteiger partial charge in [0.1, 0.15) is 0 Å². The molecule has 2 amide bonds. The van der Waals surface area contributed by atoms with E-state index in [0.29, 0.717) is 0 Å². The number of nitrogens with one attached hydrogen (secondary N) is 1. The number of hydrogen-bond acceptors (Lipinski definition) is 2. The van der Waals surface area contributed by atoms with Crippen LogP contribution in [-0.4, -0.2) is 37.1 Å². The van der Waals surface area contributed by atoms with Gasteiger partial charge in [0.25, 0.3) is 0 Å². The highest BCUT2D eigenvalue weighted by molar-refractivity contribution is 5.90. The average molecular weight is 323 g/mol. The van der Waals surface area contributed by atoms with E-state index in [4.69, 9.17) is 0 Å². The van der Waals surface area contributed by atoms with E-state index in [1.165, 1.54) is 16.8 Å². The first-order valence-electron chi connectivity index (χ1n) is 8.63. The third-order valence-electron chi connectivity index (χ3n) is 4.57. The van der Waals surface area contributed by atoms with Crippen LogP contribution in [0.2, 0.25) is 0 Å². The van der Waals surface area contributed by atoms with Crippen molar-refractivity contribution in [2.75, 3.05) is 36.4 Å². The van der Waals surface area contributed by atoms with Crippen LogP contribution in [0.1, 0.15) is 18.1 Å². The van der Waals surface area contributed by atoms with Crippen LogP contribution in [0.5, 0.6) is 0 Å². The number of hydrogen-bond donors (Lipinski definition) is 1. The minimum Gasteiger partial charge on any atom is -0.368 e. The minimum atomic E-state index is -0.000192. The number of nitrogens with zero attached hydrogens (tertiary/aromatic N) is 2. The van der Waals surface area contributed by atoms with Gasteiger partial charge in [0, 0.05) is 37.6 Å². The molecular formula is C20H25N3O. The molecular weight excluding hydrogens is 298 g/mol. The van der Waals surface area contributed by atoms with Gasteiger partial charge in [-0.2, -0.15) is 0 Å². The molecule has 0 aromatic heterocycles. The number of urea groups is 1. The lowest BCUT2D eigenvalue weighted by Gasteiger charge is -2.36. The van der Waals surface area contributed by atoms with Crippen molar-refractivity contribution in [3.63, 3.8) is 0 Å². The van der Waals surface area contributed by atoms with E-state index in [1.807, 2.05) is 23.1 Å². The van der Waals surface area contributed by atoms with Gasteiger partial charge in [0.15, 0.2) is 0 Å². The van der Waals surface area contributed by atoms with Crippen molar-refractivity contribution in [2.45, 2.75) is 20.3 Å².